The Morgan fingerprint density at radius 1 is 0.938 bits per heavy atom. The number of amides is 1. The van der Waals surface area contributed by atoms with E-state index in [1.165, 1.54) is 6.20 Å². The van der Waals surface area contributed by atoms with E-state index in [2.05, 4.69) is 9.97 Å². The molecule has 260 valence electrons. The third-order valence-electron chi connectivity index (χ3n) is 8.49. The van der Waals surface area contributed by atoms with E-state index in [9.17, 15) is 53.6 Å². The number of carbonyl (C=O) groups is 1. The first-order valence-corrected chi connectivity index (χ1v) is 16.0. The van der Waals surface area contributed by atoms with Gasteiger partial charge >= 0.3 is 24.6 Å². The van der Waals surface area contributed by atoms with Gasteiger partial charge in [0.05, 0.1) is 40.0 Å². The molecule has 1 fully saturated rings. The zero-order valence-electron chi connectivity index (χ0n) is 25.0. The SMILES string of the molecule is CC[C@]1(N)C[C@H](c2ncc(N3CCS(=O)CC3)c(Cc3cc(C(F)(F)F)cc(C(F)(F)F)c3)n2)c2cc(C(F)(F)F)ccc2N1C(=O)O. The Morgan fingerprint density at radius 3 is 2.04 bits per heavy atom. The van der Waals surface area contributed by atoms with Crippen molar-refractivity contribution >= 4 is 28.3 Å². The monoisotopic (exact) mass is 709 g/mol. The third-order valence-corrected chi connectivity index (χ3v) is 9.77. The van der Waals surface area contributed by atoms with Gasteiger partial charge in [0, 0.05) is 47.7 Å². The predicted molar refractivity (Wildman–Crippen MR) is 157 cm³/mol. The van der Waals surface area contributed by atoms with Gasteiger partial charge in [-0.05, 0) is 60.4 Å². The van der Waals surface area contributed by atoms with E-state index in [4.69, 9.17) is 5.73 Å². The van der Waals surface area contributed by atoms with Crippen molar-refractivity contribution in [1.82, 2.24) is 9.97 Å². The Labute approximate surface area is 270 Å². The molecule has 0 radical (unpaired) electrons. The average molecular weight is 710 g/mol. The van der Waals surface area contributed by atoms with Crippen molar-refractivity contribution in [2.75, 3.05) is 34.4 Å². The Kier molecular flexibility index (Phi) is 9.22. The number of alkyl halides is 9. The Balaban J connectivity index is 1.70. The minimum Gasteiger partial charge on any atom is -0.465 e. The van der Waals surface area contributed by atoms with E-state index in [1.54, 1.807) is 11.8 Å². The average Bonchev–Trinajstić information content (AvgIpc) is 2.99. The molecule has 2 aliphatic heterocycles. The largest absolute Gasteiger partial charge is 0.465 e. The van der Waals surface area contributed by atoms with E-state index in [-0.39, 0.29) is 72.0 Å². The summed E-state index contributed by atoms with van der Waals surface area (Å²) in [5.74, 6) is -0.879. The van der Waals surface area contributed by atoms with Crippen molar-refractivity contribution in [2.24, 2.45) is 5.73 Å². The van der Waals surface area contributed by atoms with E-state index >= 15 is 0 Å². The fraction of sp³-hybridized carbons (Fsp3) is 0.433. The predicted octanol–water partition coefficient (Wildman–Crippen LogP) is 6.78. The number of anilines is 2. The maximum absolute atomic E-state index is 13.8. The number of halogens is 9. The van der Waals surface area contributed by atoms with Crippen molar-refractivity contribution in [3.63, 3.8) is 0 Å². The molecule has 2 aliphatic rings. The molecule has 0 bridgehead atoms. The van der Waals surface area contributed by atoms with Gasteiger partial charge in [-0.2, -0.15) is 39.5 Å². The second-order valence-corrected chi connectivity index (χ2v) is 13.3. The second kappa shape index (κ2) is 12.5. The molecule has 8 nitrogen and oxygen atoms in total. The molecule has 3 aromatic rings. The molecule has 0 saturated carbocycles. The van der Waals surface area contributed by atoms with Crippen LogP contribution >= 0.6 is 0 Å². The van der Waals surface area contributed by atoms with Gasteiger partial charge in [0.1, 0.15) is 11.5 Å². The van der Waals surface area contributed by atoms with E-state index < -0.39 is 75.7 Å². The Morgan fingerprint density at radius 2 is 1.52 bits per heavy atom. The number of benzene rings is 2. The highest BCUT2D eigenvalue weighted by Gasteiger charge is 2.47. The molecular weight excluding hydrogens is 681 g/mol. The molecule has 1 aromatic heterocycles. The van der Waals surface area contributed by atoms with Crippen LogP contribution in [0, 0.1) is 0 Å². The lowest BCUT2D eigenvalue weighted by atomic mass is 9.80. The lowest BCUT2D eigenvalue weighted by Crippen LogP contribution is -2.61. The summed E-state index contributed by atoms with van der Waals surface area (Å²) in [6, 6.07) is 3.54. The number of rotatable bonds is 5. The summed E-state index contributed by atoms with van der Waals surface area (Å²) in [6.07, 6.45) is -16.2. The van der Waals surface area contributed by atoms with Crippen LogP contribution in [0.25, 0.3) is 0 Å². The van der Waals surface area contributed by atoms with Gasteiger partial charge in [0.15, 0.2) is 0 Å². The maximum atomic E-state index is 13.8. The third kappa shape index (κ3) is 7.09. The fourth-order valence-corrected chi connectivity index (χ4v) is 7.07. The molecule has 0 spiro atoms. The highest BCUT2D eigenvalue weighted by Crippen LogP contribution is 2.47. The van der Waals surface area contributed by atoms with Gasteiger partial charge in [-0.15, -0.1) is 0 Å². The van der Waals surface area contributed by atoms with Crippen LogP contribution < -0.4 is 15.5 Å². The molecule has 0 aliphatic carbocycles. The molecule has 3 heterocycles. The molecule has 0 unspecified atom stereocenters. The van der Waals surface area contributed by atoms with E-state index in [1.807, 2.05) is 0 Å². The molecule has 1 amide bonds. The number of aromatic nitrogens is 2. The molecular formula is C30H28F9N5O3S. The van der Waals surface area contributed by atoms with Crippen molar-refractivity contribution < 1.29 is 53.6 Å². The normalized spacial score (nSPS) is 20.9. The van der Waals surface area contributed by atoms with Crippen molar-refractivity contribution in [3.8, 4) is 0 Å². The van der Waals surface area contributed by atoms with Crippen LogP contribution in [0.2, 0.25) is 0 Å². The van der Waals surface area contributed by atoms with Gasteiger partial charge in [-0.3, -0.25) is 9.11 Å². The molecule has 18 heteroatoms. The van der Waals surface area contributed by atoms with Crippen LogP contribution in [0.1, 0.15) is 65.0 Å². The summed E-state index contributed by atoms with van der Waals surface area (Å²) in [6.45, 7) is 1.98. The quantitative estimate of drug-likeness (QED) is 0.281. The number of nitrogens with zero attached hydrogens (tertiary/aromatic N) is 4. The molecule has 5 rings (SSSR count). The van der Waals surface area contributed by atoms with Crippen molar-refractivity contribution in [2.45, 2.75) is 56.3 Å². The summed E-state index contributed by atoms with van der Waals surface area (Å²) in [5, 5.41) is 10.0. The smallest absolute Gasteiger partial charge is 0.416 e. The van der Waals surface area contributed by atoms with Crippen LogP contribution in [0.15, 0.2) is 42.6 Å². The minimum atomic E-state index is -5.12. The number of fused-ring (bicyclic) bond motifs is 1. The molecule has 48 heavy (non-hydrogen) atoms. The first-order valence-electron chi connectivity index (χ1n) is 14.5. The highest BCUT2D eigenvalue weighted by atomic mass is 32.2. The van der Waals surface area contributed by atoms with Gasteiger partial charge < -0.3 is 15.7 Å². The van der Waals surface area contributed by atoms with Crippen LogP contribution in [0.4, 0.5) is 55.7 Å². The van der Waals surface area contributed by atoms with Gasteiger partial charge in [-0.1, -0.05) is 6.92 Å². The molecule has 1 saturated heterocycles. The highest BCUT2D eigenvalue weighted by molar-refractivity contribution is 7.85. The number of nitrogens with two attached hydrogens (primary N) is 1. The van der Waals surface area contributed by atoms with Gasteiger partial charge in [-0.25, -0.2) is 14.8 Å². The van der Waals surface area contributed by atoms with Crippen LogP contribution in [0.3, 0.4) is 0 Å². The second-order valence-electron chi connectivity index (χ2n) is 11.6. The number of hydrogen-bond donors (Lipinski definition) is 2. The van der Waals surface area contributed by atoms with Gasteiger partial charge in [0.25, 0.3) is 0 Å². The van der Waals surface area contributed by atoms with Crippen LogP contribution in [-0.2, 0) is 35.7 Å². The summed E-state index contributed by atoms with van der Waals surface area (Å²) in [7, 11) is -1.16. The van der Waals surface area contributed by atoms with Crippen LogP contribution in [0.5, 0.6) is 0 Å². The fourth-order valence-electron chi connectivity index (χ4n) is 6.02. The summed E-state index contributed by atoms with van der Waals surface area (Å²) in [4.78, 5) is 23.7. The van der Waals surface area contributed by atoms with Crippen molar-refractivity contribution in [3.05, 3.63) is 81.9 Å². The minimum absolute atomic E-state index is 0.00720. The summed E-state index contributed by atoms with van der Waals surface area (Å²) in [5.41, 5.74) is 0.204. The van der Waals surface area contributed by atoms with Gasteiger partial charge in [0.2, 0.25) is 0 Å². The summed E-state index contributed by atoms with van der Waals surface area (Å²) < 4.78 is 135. The molecule has 3 N–H and O–H groups in total. The Hall–Kier alpha value is -3.93. The van der Waals surface area contributed by atoms with Crippen molar-refractivity contribution in [1.29, 1.82) is 0 Å². The van der Waals surface area contributed by atoms with E-state index in [0.29, 0.717) is 18.2 Å². The topological polar surface area (TPSA) is 113 Å². The number of carboxylic acid groups (broad SMARTS) is 1. The standard InChI is InChI=1S/C30H28F9N5O3S/c1-2-27(40)14-21(20-13-17(28(31,32)33)3-4-23(20)44(27)26(45)46)25-41-15-24(43-5-7-48(47)8-6-43)22(42-25)11-16-9-18(29(34,35)36)12-19(10-16)30(37,38)39/h3-4,9-10,12-13,15,21H,2,5-8,11,14,40H2,1H3,(H,45,46)/t21-,27+/m0/s1. The molecule has 2 aromatic carbocycles. The number of hydrogen-bond acceptors (Lipinski definition) is 6. The first kappa shape index (κ1) is 35.4. The van der Waals surface area contributed by atoms with E-state index in [0.717, 1.165) is 17.0 Å². The lowest BCUT2D eigenvalue weighted by molar-refractivity contribution is -0.143. The summed E-state index contributed by atoms with van der Waals surface area (Å²) >= 11 is 0. The zero-order valence-corrected chi connectivity index (χ0v) is 25.8. The Bertz CT molecular complexity index is 1710. The molecule has 2 atom stereocenters. The van der Waals surface area contributed by atoms with Crippen LogP contribution in [-0.4, -0.2) is 55.6 Å². The lowest BCUT2D eigenvalue weighted by Gasteiger charge is -2.46. The zero-order chi connectivity index (χ0) is 35.4. The maximum Gasteiger partial charge on any atom is 0.416 e. The first-order chi connectivity index (χ1) is 22.2.